The lowest BCUT2D eigenvalue weighted by Crippen LogP contribution is -2.43. The van der Waals surface area contributed by atoms with Crippen molar-refractivity contribution in [3.63, 3.8) is 0 Å². The van der Waals surface area contributed by atoms with Gasteiger partial charge in [0.25, 0.3) is 5.91 Å². The highest BCUT2D eigenvalue weighted by Gasteiger charge is 2.34. The fourth-order valence-corrected chi connectivity index (χ4v) is 4.05. The second-order valence-corrected chi connectivity index (χ2v) is 7.86. The van der Waals surface area contributed by atoms with E-state index in [0.717, 1.165) is 35.2 Å². The quantitative estimate of drug-likeness (QED) is 0.549. The Morgan fingerprint density at radius 1 is 1.03 bits per heavy atom. The first-order chi connectivity index (χ1) is 14.6. The molecule has 0 atom stereocenters. The lowest BCUT2D eigenvalue weighted by molar-refractivity contribution is 0.0957. The number of amides is 1. The molecule has 0 saturated heterocycles. The Morgan fingerprint density at radius 2 is 1.77 bits per heavy atom. The van der Waals surface area contributed by atoms with Gasteiger partial charge in [0.2, 0.25) is 0 Å². The number of nitrogens with two attached hydrogens (primary N) is 1. The number of fused-ring (bicyclic) bond motifs is 1. The third-order valence-electron chi connectivity index (χ3n) is 6.00. The predicted molar refractivity (Wildman–Crippen MR) is 117 cm³/mol. The average molecular weight is 397 g/mol. The number of rotatable bonds is 4. The highest BCUT2D eigenvalue weighted by molar-refractivity contribution is 5.92. The van der Waals surface area contributed by atoms with Crippen LogP contribution in [0.3, 0.4) is 0 Å². The van der Waals surface area contributed by atoms with Gasteiger partial charge < -0.3 is 11.1 Å². The SMILES string of the molecule is CNC(=O)c1ccc2nc(-c3ccccc3-c3ccc(C4(N)CCC4)cc3)cn2n1. The Balaban J connectivity index is 1.54. The summed E-state index contributed by atoms with van der Waals surface area (Å²) in [6.45, 7) is 0. The van der Waals surface area contributed by atoms with E-state index in [9.17, 15) is 4.79 Å². The lowest BCUT2D eigenvalue weighted by atomic mass is 9.72. The summed E-state index contributed by atoms with van der Waals surface area (Å²) < 4.78 is 1.65. The molecule has 3 N–H and O–H groups in total. The Labute approximate surface area is 174 Å². The molecule has 2 aromatic carbocycles. The molecule has 1 aliphatic carbocycles. The molecule has 2 heterocycles. The minimum absolute atomic E-state index is 0.159. The molecule has 6 heteroatoms. The van der Waals surface area contributed by atoms with Crippen LogP contribution in [0.2, 0.25) is 0 Å². The average Bonchev–Trinajstić information content (AvgIpc) is 3.20. The molecule has 2 aromatic heterocycles. The smallest absolute Gasteiger partial charge is 0.271 e. The van der Waals surface area contributed by atoms with E-state index in [2.05, 4.69) is 46.8 Å². The largest absolute Gasteiger partial charge is 0.354 e. The topological polar surface area (TPSA) is 85.3 Å². The Hall–Kier alpha value is -3.51. The van der Waals surface area contributed by atoms with Crippen LogP contribution in [0.1, 0.15) is 35.3 Å². The van der Waals surface area contributed by atoms with Gasteiger partial charge in [0.1, 0.15) is 5.69 Å². The van der Waals surface area contributed by atoms with E-state index in [0.29, 0.717) is 11.3 Å². The van der Waals surface area contributed by atoms with Gasteiger partial charge in [-0.2, -0.15) is 5.10 Å². The highest BCUT2D eigenvalue weighted by atomic mass is 16.1. The third-order valence-corrected chi connectivity index (χ3v) is 6.00. The number of nitrogens with one attached hydrogen (secondary N) is 1. The van der Waals surface area contributed by atoms with Crippen LogP contribution in [0, 0.1) is 0 Å². The summed E-state index contributed by atoms with van der Waals surface area (Å²) in [7, 11) is 1.59. The zero-order chi connectivity index (χ0) is 20.7. The fraction of sp³-hybridized carbons (Fsp3) is 0.208. The van der Waals surface area contributed by atoms with Crippen molar-refractivity contribution in [1.82, 2.24) is 19.9 Å². The fourth-order valence-electron chi connectivity index (χ4n) is 4.05. The van der Waals surface area contributed by atoms with Gasteiger partial charge in [-0.15, -0.1) is 0 Å². The molecule has 0 radical (unpaired) electrons. The van der Waals surface area contributed by atoms with Gasteiger partial charge in [0.15, 0.2) is 5.65 Å². The van der Waals surface area contributed by atoms with Crippen LogP contribution in [-0.2, 0) is 5.54 Å². The van der Waals surface area contributed by atoms with E-state index in [4.69, 9.17) is 10.7 Å². The first-order valence-corrected chi connectivity index (χ1v) is 10.2. The van der Waals surface area contributed by atoms with Crippen LogP contribution in [0.5, 0.6) is 0 Å². The highest BCUT2D eigenvalue weighted by Crippen LogP contribution is 2.40. The summed E-state index contributed by atoms with van der Waals surface area (Å²) >= 11 is 0. The van der Waals surface area contributed by atoms with E-state index in [1.54, 1.807) is 23.7 Å². The van der Waals surface area contributed by atoms with Crippen molar-refractivity contribution >= 4 is 11.6 Å². The number of carbonyl (C=O) groups is 1. The Kier molecular flexibility index (Phi) is 4.37. The minimum atomic E-state index is -0.225. The van der Waals surface area contributed by atoms with Crippen molar-refractivity contribution in [3.05, 3.63) is 78.1 Å². The molecule has 1 saturated carbocycles. The second kappa shape index (κ2) is 7.07. The molecule has 30 heavy (non-hydrogen) atoms. The summed E-state index contributed by atoms with van der Waals surface area (Å²) in [5.41, 5.74) is 12.6. The molecule has 1 amide bonds. The monoisotopic (exact) mass is 397 g/mol. The van der Waals surface area contributed by atoms with Gasteiger partial charge in [-0.25, -0.2) is 9.50 Å². The van der Waals surface area contributed by atoms with E-state index < -0.39 is 0 Å². The zero-order valence-electron chi connectivity index (χ0n) is 16.8. The molecule has 150 valence electrons. The summed E-state index contributed by atoms with van der Waals surface area (Å²) in [5, 5.41) is 6.97. The van der Waals surface area contributed by atoms with Crippen LogP contribution in [-0.4, -0.2) is 27.6 Å². The number of nitrogens with zero attached hydrogens (tertiary/aromatic N) is 3. The number of benzene rings is 2. The van der Waals surface area contributed by atoms with Gasteiger partial charge in [0.05, 0.1) is 11.9 Å². The number of carbonyl (C=O) groups excluding carboxylic acids is 1. The van der Waals surface area contributed by atoms with Gasteiger partial charge in [0, 0.05) is 18.2 Å². The van der Waals surface area contributed by atoms with Gasteiger partial charge in [-0.3, -0.25) is 4.79 Å². The molecule has 0 unspecified atom stereocenters. The Bertz CT molecular complexity index is 1240. The normalized spacial score (nSPS) is 15.0. The van der Waals surface area contributed by atoms with Crippen LogP contribution in [0.25, 0.3) is 28.0 Å². The molecule has 0 bridgehead atoms. The van der Waals surface area contributed by atoms with Gasteiger partial charge in [-0.05, 0) is 48.1 Å². The maximum atomic E-state index is 11.9. The molecular weight excluding hydrogens is 374 g/mol. The first kappa shape index (κ1) is 18.5. The van der Waals surface area contributed by atoms with E-state index in [1.807, 2.05) is 18.3 Å². The third kappa shape index (κ3) is 3.06. The first-order valence-electron chi connectivity index (χ1n) is 10.2. The number of hydrogen-bond acceptors (Lipinski definition) is 4. The molecule has 0 spiro atoms. The molecule has 5 rings (SSSR count). The molecule has 1 aliphatic rings. The summed E-state index contributed by atoms with van der Waals surface area (Å²) in [6, 6.07) is 20.2. The van der Waals surface area contributed by atoms with E-state index >= 15 is 0 Å². The van der Waals surface area contributed by atoms with Crippen molar-refractivity contribution in [2.45, 2.75) is 24.8 Å². The van der Waals surface area contributed by atoms with Crippen LogP contribution in [0.15, 0.2) is 66.9 Å². The number of imidazole rings is 1. The summed E-state index contributed by atoms with van der Waals surface area (Å²) in [5.74, 6) is -0.225. The lowest BCUT2D eigenvalue weighted by Gasteiger charge is -2.38. The van der Waals surface area contributed by atoms with Crippen molar-refractivity contribution in [3.8, 4) is 22.4 Å². The minimum Gasteiger partial charge on any atom is -0.354 e. The van der Waals surface area contributed by atoms with Crippen molar-refractivity contribution in [1.29, 1.82) is 0 Å². The van der Waals surface area contributed by atoms with E-state index in [-0.39, 0.29) is 11.4 Å². The summed E-state index contributed by atoms with van der Waals surface area (Å²) in [4.78, 5) is 16.6. The van der Waals surface area contributed by atoms with Crippen LogP contribution >= 0.6 is 0 Å². The van der Waals surface area contributed by atoms with Crippen molar-refractivity contribution in [2.24, 2.45) is 5.73 Å². The standard InChI is InChI=1S/C24H23N5O/c1-26-23(30)20-11-12-22-27-21(15-29(22)28-20)19-6-3-2-5-18(19)16-7-9-17(10-8-16)24(25)13-4-14-24/h2-3,5-12,15H,4,13-14,25H2,1H3,(H,26,30). The van der Waals surface area contributed by atoms with Crippen LogP contribution < -0.4 is 11.1 Å². The number of hydrogen-bond donors (Lipinski definition) is 2. The predicted octanol–water partition coefficient (Wildman–Crippen LogP) is 3.76. The maximum Gasteiger partial charge on any atom is 0.271 e. The van der Waals surface area contributed by atoms with E-state index in [1.165, 1.54) is 12.0 Å². The van der Waals surface area contributed by atoms with Crippen molar-refractivity contribution in [2.75, 3.05) is 7.05 Å². The van der Waals surface area contributed by atoms with Crippen molar-refractivity contribution < 1.29 is 4.79 Å². The number of aromatic nitrogens is 3. The molecule has 6 nitrogen and oxygen atoms in total. The Morgan fingerprint density at radius 3 is 2.43 bits per heavy atom. The molecule has 1 fully saturated rings. The summed E-state index contributed by atoms with van der Waals surface area (Å²) in [6.07, 6.45) is 5.16. The van der Waals surface area contributed by atoms with Gasteiger partial charge in [-0.1, -0.05) is 48.5 Å². The zero-order valence-corrected chi connectivity index (χ0v) is 16.8. The molecule has 0 aliphatic heterocycles. The van der Waals surface area contributed by atoms with Crippen LogP contribution in [0.4, 0.5) is 0 Å². The maximum absolute atomic E-state index is 11.9. The molecule has 4 aromatic rings. The van der Waals surface area contributed by atoms with Gasteiger partial charge >= 0.3 is 0 Å². The molecular formula is C24H23N5O. The second-order valence-electron chi connectivity index (χ2n) is 7.86.